The minimum atomic E-state index is -2.54. The summed E-state index contributed by atoms with van der Waals surface area (Å²) in [4.78, 5) is 36.8. The van der Waals surface area contributed by atoms with Gasteiger partial charge in [-0.05, 0) is 35.9 Å². The molecule has 0 saturated heterocycles. The third-order valence-corrected chi connectivity index (χ3v) is 4.34. The molecule has 5 nitrogen and oxygen atoms in total. The van der Waals surface area contributed by atoms with Crippen LogP contribution in [0.4, 0.5) is 20.2 Å². The fourth-order valence-corrected chi connectivity index (χ4v) is 3.01. The van der Waals surface area contributed by atoms with Crippen molar-refractivity contribution >= 4 is 40.7 Å². The molecule has 0 fully saturated rings. The Hall–Kier alpha value is -2.74. The predicted molar refractivity (Wildman–Crippen MR) is 89.8 cm³/mol. The van der Waals surface area contributed by atoms with E-state index in [0.29, 0.717) is 27.9 Å². The van der Waals surface area contributed by atoms with E-state index < -0.39 is 29.3 Å². The van der Waals surface area contributed by atoms with Gasteiger partial charge >= 0.3 is 0 Å². The maximum absolute atomic E-state index is 12.4. The van der Waals surface area contributed by atoms with Crippen LogP contribution in [0.5, 0.6) is 0 Å². The first-order chi connectivity index (χ1) is 12.0. The van der Waals surface area contributed by atoms with E-state index in [1.165, 1.54) is 24.3 Å². The van der Waals surface area contributed by atoms with Gasteiger partial charge in [-0.1, -0.05) is 30.0 Å². The zero-order valence-corrected chi connectivity index (χ0v) is 13.5. The normalized spacial score (nSPS) is 15.6. The number of alkyl halides is 2. The molecule has 0 unspecified atom stereocenters. The molecule has 1 aliphatic heterocycles. The number of carbonyl (C=O) groups is 3. The van der Waals surface area contributed by atoms with Gasteiger partial charge in [0.25, 0.3) is 11.7 Å². The van der Waals surface area contributed by atoms with Gasteiger partial charge in [0.15, 0.2) is 0 Å². The first-order valence-electron chi connectivity index (χ1n) is 7.25. The fraction of sp³-hybridized carbons (Fsp3) is 0.118. The van der Waals surface area contributed by atoms with E-state index in [1.54, 1.807) is 24.3 Å². The highest BCUT2D eigenvalue weighted by Crippen LogP contribution is 2.33. The van der Waals surface area contributed by atoms with Crippen LogP contribution in [0.3, 0.4) is 0 Å². The first-order valence-corrected chi connectivity index (χ1v) is 8.13. The Morgan fingerprint density at radius 2 is 1.76 bits per heavy atom. The van der Waals surface area contributed by atoms with Crippen LogP contribution in [0.25, 0.3) is 0 Å². The number of benzene rings is 2. The summed E-state index contributed by atoms with van der Waals surface area (Å²) in [5.41, 5.74) is 1.24. The molecule has 0 aliphatic carbocycles. The average Bonchev–Trinajstić information content (AvgIpc) is 2.91. The number of hydrogen-bond donors (Lipinski definition) is 2. The van der Waals surface area contributed by atoms with Crippen molar-refractivity contribution in [3.63, 3.8) is 0 Å². The number of Topliss-reactive ketones (excluding diaryl/α,β-unsaturated/α-hetero) is 1. The summed E-state index contributed by atoms with van der Waals surface area (Å²) in [5.74, 6) is -6.10. The lowest BCUT2D eigenvalue weighted by Gasteiger charge is -2.09. The van der Waals surface area contributed by atoms with Gasteiger partial charge in [-0.25, -0.2) is 0 Å². The summed E-state index contributed by atoms with van der Waals surface area (Å²) in [6.07, 6.45) is 0. The molecule has 0 bridgehead atoms. The molecule has 0 saturated carbocycles. The van der Waals surface area contributed by atoms with Gasteiger partial charge in [0, 0.05) is 16.3 Å². The molecular weight excluding hydrogens is 350 g/mol. The van der Waals surface area contributed by atoms with Crippen LogP contribution in [0, 0.1) is 0 Å². The highest BCUT2D eigenvalue weighted by molar-refractivity contribution is 7.99. The number of fused-ring (bicyclic) bond motifs is 1. The summed E-state index contributed by atoms with van der Waals surface area (Å²) in [6, 6.07) is 12.3. The van der Waals surface area contributed by atoms with E-state index in [1.807, 2.05) is 0 Å². The molecule has 25 heavy (non-hydrogen) atoms. The maximum atomic E-state index is 12.4. The van der Waals surface area contributed by atoms with E-state index in [-0.39, 0.29) is 5.69 Å². The summed E-state index contributed by atoms with van der Waals surface area (Å²) < 4.78 is 24.6. The molecule has 2 N–H and O–H groups in total. The van der Waals surface area contributed by atoms with E-state index in [0.717, 1.165) is 0 Å². The lowest BCUT2D eigenvalue weighted by Crippen LogP contribution is -2.31. The number of amides is 2. The van der Waals surface area contributed by atoms with Crippen molar-refractivity contribution in [2.24, 2.45) is 0 Å². The number of rotatable bonds is 5. The van der Waals surface area contributed by atoms with E-state index in [4.69, 9.17) is 0 Å². The van der Waals surface area contributed by atoms with Gasteiger partial charge < -0.3 is 10.6 Å². The Morgan fingerprint density at radius 3 is 2.44 bits per heavy atom. The topological polar surface area (TPSA) is 75.3 Å². The summed E-state index contributed by atoms with van der Waals surface area (Å²) in [5, 5.41) is 4.94. The average molecular weight is 362 g/mol. The van der Waals surface area contributed by atoms with E-state index in [9.17, 15) is 23.2 Å². The molecule has 128 valence electrons. The minimum Gasteiger partial charge on any atom is -0.325 e. The molecule has 1 atom stereocenters. The lowest BCUT2D eigenvalue weighted by molar-refractivity contribution is -0.138. The third-order valence-electron chi connectivity index (χ3n) is 3.62. The summed E-state index contributed by atoms with van der Waals surface area (Å²) in [6.45, 7) is 0. The van der Waals surface area contributed by atoms with Crippen molar-refractivity contribution in [1.82, 2.24) is 0 Å². The summed E-state index contributed by atoms with van der Waals surface area (Å²) >= 11 is 0.379. The highest BCUT2D eigenvalue weighted by Gasteiger charge is 2.39. The quantitative estimate of drug-likeness (QED) is 0.486. The lowest BCUT2D eigenvalue weighted by atomic mass is 9.95. The van der Waals surface area contributed by atoms with Crippen molar-refractivity contribution in [1.29, 1.82) is 0 Å². The Bertz CT molecular complexity index is 840. The number of ketones is 1. The second kappa shape index (κ2) is 7.02. The van der Waals surface area contributed by atoms with Crippen LogP contribution in [-0.4, -0.2) is 23.4 Å². The molecule has 3 rings (SSSR count). The second-order valence-corrected chi connectivity index (χ2v) is 6.29. The SMILES string of the molecule is O=C(Nc1ccc(SC(F)F)cc1)C(=O)[C@H]1C(=O)Nc2ccccc21. The zero-order chi connectivity index (χ0) is 18.0. The van der Waals surface area contributed by atoms with Gasteiger partial charge in [0.05, 0.1) is 0 Å². The van der Waals surface area contributed by atoms with E-state index in [2.05, 4.69) is 10.6 Å². The Morgan fingerprint density at radius 1 is 1.08 bits per heavy atom. The second-order valence-electron chi connectivity index (χ2n) is 5.23. The molecule has 2 aromatic rings. The molecule has 1 aliphatic rings. The molecular formula is C17H12F2N2O3S. The monoisotopic (exact) mass is 362 g/mol. The number of para-hydroxylation sites is 1. The maximum Gasteiger partial charge on any atom is 0.292 e. The zero-order valence-electron chi connectivity index (χ0n) is 12.7. The number of halogens is 2. The minimum absolute atomic E-state index is 0.281. The number of hydrogen-bond acceptors (Lipinski definition) is 4. The molecule has 0 aromatic heterocycles. The smallest absolute Gasteiger partial charge is 0.292 e. The van der Waals surface area contributed by atoms with Crippen LogP contribution in [-0.2, 0) is 14.4 Å². The molecule has 0 spiro atoms. The standard InChI is InChI=1S/C17H12F2N2O3S/c18-17(19)25-10-7-5-9(6-8-10)20-16(24)14(22)13-11-3-1-2-4-12(11)21-15(13)23/h1-8,13,17H,(H,20,24)(H,21,23)/t13-/m0/s1. The third kappa shape index (κ3) is 3.69. The number of carbonyl (C=O) groups excluding carboxylic acids is 3. The molecule has 2 aromatic carbocycles. The van der Waals surface area contributed by atoms with Crippen LogP contribution >= 0.6 is 11.8 Å². The highest BCUT2D eigenvalue weighted by atomic mass is 32.2. The van der Waals surface area contributed by atoms with E-state index >= 15 is 0 Å². The van der Waals surface area contributed by atoms with Crippen LogP contribution < -0.4 is 10.6 Å². The Kier molecular flexibility index (Phi) is 4.80. The fourth-order valence-electron chi connectivity index (χ4n) is 2.51. The van der Waals surface area contributed by atoms with Crippen LogP contribution in [0.1, 0.15) is 11.5 Å². The van der Waals surface area contributed by atoms with Gasteiger partial charge in [0.2, 0.25) is 11.7 Å². The van der Waals surface area contributed by atoms with Gasteiger partial charge in [-0.2, -0.15) is 8.78 Å². The van der Waals surface area contributed by atoms with Crippen molar-refractivity contribution in [3.05, 3.63) is 54.1 Å². The Balaban J connectivity index is 1.71. The number of thioether (sulfide) groups is 1. The molecule has 0 radical (unpaired) electrons. The van der Waals surface area contributed by atoms with Crippen molar-refractivity contribution in [3.8, 4) is 0 Å². The predicted octanol–water partition coefficient (Wildman–Crippen LogP) is 3.24. The molecule has 1 heterocycles. The van der Waals surface area contributed by atoms with Crippen molar-refractivity contribution < 1.29 is 23.2 Å². The van der Waals surface area contributed by atoms with Crippen LogP contribution in [0.2, 0.25) is 0 Å². The van der Waals surface area contributed by atoms with Crippen molar-refractivity contribution in [2.45, 2.75) is 16.6 Å². The Labute approximate surface area is 145 Å². The van der Waals surface area contributed by atoms with Gasteiger partial charge in [-0.3, -0.25) is 14.4 Å². The van der Waals surface area contributed by atoms with Crippen molar-refractivity contribution in [2.75, 3.05) is 10.6 Å². The molecule has 8 heteroatoms. The summed E-state index contributed by atoms with van der Waals surface area (Å²) in [7, 11) is 0. The van der Waals surface area contributed by atoms with Gasteiger partial charge in [0.1, 0.15) is 5.92 Å². The first kappa shape index (κ1) is 17.1. The number of anilines is 2. The largest absolute Gasteiger partial charge is 0.325 e. The molecule has 2 amide bonds. The van der Waals surface area contributed by atoms with Crippen LogP contribution in [0.15, 0.2) is 53.4 Å². The number of nitrogens with one attached hydrogen (secondary N) is 2. The van der Waals surface area contributed by atoms with Gasteiger partial charge in [-0.15, -0.1) is 0 Å².